The Bertz CT molecular complexity index is 1170. The summed E-state index contributed by atoms with van der Waals surface area (Å²) in [4.78, 5) is 22.9. The number of primary amides is 1. The van der Waals surface area contributed by atoms with Crippen LogP contribution in [0.1, 0.15) is 18.9 Å². The van der Waals surface area contributed by atoms with Gasteiger partial charge in [0.1, 0.15) is 30.3 Å². The zero-order chi connectivity index (χ0) is 20.8. The maximum atomic E-state index is 11.5. The summed E-state index contributed by atoms with van der Waals surface area (Å²) >= 11 is 0. The van der Waals surface area contributed by atoms with E-state index in [0.717, 1.165) is 46.7 Å². The second kappa shape index (κ2) is 6.94. The number of anilines is 1. The van der Waals surface area contributed by atoms with Crippen molar-refractivity contribution in [3.8, 4) is 0 Å². The summed E-state index contributed by atoms with van der Waals surface area (Å²) in [6, 6.07) is 5.82. The van der Waals surface area contributed by atoms with Crippen molar-refractivity contribution in [2.75, 3.05) is 25.5 Å². The summed E-state index contributed by atoms with van der Waals surface area (Å²) in [5, 5.41) is 6.07. The first-order chi connectivity index (χ1) is 14.5. The van der Waals surface area contributed by atoms with Crippen LogP contribution in [0.5, 0.6) is 0 Å². The minimum Gasteiger partial charge on any atom is -0.495 e. The lowest BCUT2D eigenvalue weighted by molar-refractivity contribution is -0.119. The van der Waals surface area contributed by atoms with Gasteiger partial charge < -0.3 is 30.4 Å². The summed E-state index contributed by atoms with van der Waals surface area (Å²) in [5.74, 6) is 0.420. The summed E-state index contributed by atoms with van der Waals surface area (Å²) in [7, 11) is 1.77. The van der Waals surface area contributed by atoms with E-state index in [2.05, 4.69) is 20.5 Å². The first-order valence-corrected chi connectivity index (χ1v) is 9.80. The summed E-state index contributed by atoms with van der Waals surface area (Å²) < 4.78 is 11.4. The maximum absolute atomic E-state index is 11.5. The Labute approximate surface area is 173 Å². The highest BCUT2D eigenvalue weighted by atomic mass is 16.5. The van der Waals surface area contributed by atoms with Gasteiger partial charge in [0.05, 0.1) is 11.4 Å². The number of amides is 1. The van der Waals surface area contributed by atoms with Crippen molar-refractivity contribution in [2.45, 2.75) is 19.4 Å². The topological polar surface area (TPSA) is 118 Å². The highest BCUT2D eigenvalue weighted by molar-refractivity contribution is 6.04. The molecule has 1 aromatic carbocycles. The van der Waals surface area contributed by atoms with Crippen molar-refractivity contribution < 1.29 is 13.9 Å². The molecule has 1 unspecified atom stereocenters. The predicted molar refractivity (Wildman–Crippen MR) is 112 cm³/mol. The largest absolute Gasteiger partial charge is 0.495 e. The number of carbonyl (C=O) groups excluding carboxylic acids is 1. The smallest absolute Gasteiger partial charge is 0.295 e. The lowest BCUT2D eigenvalue weighted by atomic mass is 10.0. The molecule has 3 aliphatic rings. The van der Waals surface area contributed by atoms with Crippen molar-refractivity contribution in [3.63, 3.8) is 0 Å². The van der Waals surface area contributed by atoms with Crippen LogP contribution < -0.4 is 16.4 Å². The molecule has 0 spiro atoms. The van der Waals surface area contributed by atoms with E-state index in [0.29, 0.717) is 18.3 Å². The Morgan fingerprint density at radius 1 is 1.37 bits per heavy atom. The van der Waals surface area contributed by atoms with Crippen molar-refractivity contribution in [2.24, 2.45) is 10.7 Å². The minimum atomic E-state index is -0.529. The van der Waals surface area contributed by atoms with Gasteiger partial charge in [-0.25, -0.2) is 4.99 Å². The Morgan fingerprint density at radius 3 is 3.03 bits per heavy atom. The summed E-state index contributed by atoms with van der Waals surface area (Å²) in [6.07, 6.45) is 4.34. The fourth-order valence-corrected chi connectivity index (χ4v) is 3.92. The third-order valence-electron chi connectivity index (χ3n) is 5.48. The standard InChI is InChI=1S/C21H22N6O3/c1-11(19(22)28)25-16-10-29-9-13-5-6-27-18(13)14(16)8-24-20(27)12-3-4-17-15(7-12)26-21(23-2)30-17/h3-4,7-8,10-11,25H,5-6,9H2,1-2H3,(H2,22,28)(H,23,26). The molecule has 9 heteroatoms. The fraction of sp³-hybridized carbons (Fsp3) is 0.286. The third kappa shape index (κ3) is 2.90. The number of ether oxygens (including phenoxy) is 1. The number of hydrogen-bond donors (Lipinski definition) is 3. The van der Waals surface area contributed by atoms with Crippen molar-refractivity contribution in [1.82, 2.24) is 15.2 Å². The van der Waals surface area contributed by atoms with Gasteiger partial charge in [-0.3, -0.25) is 4.79 Å². The molecule has 0 saturated carbocycles. The number of nitrogens with one attached hydrogen (secondary N) is 2. The first kappa shape index (κ1) is 18.3. The highest BCUT2D eigenvalue weighted by Crippen LogP contribution is 2.38. The number of aromatic nitrogens is 1. The van der Waals surface area contributed by atoms with Gasteiger partial charge in [-0.1, -0.05) is 0 Å². The predicted octanol–water partition coefficient (Wildman–Crippen LogP) is 1.81. The number of fused-ring (bicyclic) bond motifs is 1. The van der Waals surface area contributed by atoms with Crippen LogP contribution in [0.2, 0.25) is 0 Å². The molecule has 0 fully saturated rings. The molecule has 4 heterocycles. The van der Waals surface area contributed by atoms with Crippen LogP contribution in [0.15, 0.2) is 62.6 Å². The maximum Gasteiger partial charge on any atom is 0.295 e. The van der Waals surface area contributed by atoms with Crippen LogP contribution >= 0.6 is 0 Å². The van der Waals surface area contributed by atoms with Crippen LogP contribution in [0.25, 0.3) is 11.1 Å². The molecule has 0 aliphatic carbocycles. The minimum absolute atomic E-state index is 0.430. The first-order valence-electron chi connectivity index (χ1n) is 9.80. The quantitative estimate of drug-likeness (QED) is 0.693. The number of carbonyl (C=O) groups is 1. The molecular formula is C21H22N6O3. The Morgan fingerprint density at radius 2 is 2.23 bits per heavy atom. The van der Waals surface area contributed by atoms with Gasteiger partial charge in [0, 0.05) is 30.9 Å². The highest BCUT2D eigenvalue weighted by Gasteiger charge is 2.35. The molecule has 0 radical (unpaired) electrons. The Balaban J connectivity index is 1.56. The molecule has 1 atom stereocenters. The number of nitrogens with zero attached hydrogens (tertiary/aromatic N) is 3. The normalized spacial score (nSPS) is 18.7. The van der Waals surface area contributed by atoms with Gasteiger partial charge in [0.15, 0.2) is 5.58 Å². The average molecular weight is 406 g/mol. The second-order valence-electron chi connectivity index (χ2n) is 7.41. The Hall–Kier alpha value is -3.75. The molecule has 154 valence electrons. The lowest BCUT2D eigenvalue weighted by Crippen LogP contribution is -2.40. The van der Waals surface area contributed by atoms with E-state index in [4.69, 9.17) is 19.9 Å². The van der Waals surface area contributed by atoms with Crippen LogP contribution in [0.4, 0.5) is 6.01 Å². The van der Waals surface area contributed by atoms with Gasteiger partial charge in [-0.2, -0.15) is 4.98 Å². The third-order valence-corrected chi connectivity index (χ3v) is 5.48. The molecule has 2 aromatic rings. The zero-order valence-corrected chi connectivity index (χ0v) is 16.7. The molecule has 5 rings (SSSR count). The number of rotatable bonds is 5. The van der Waals surface area contributed by atoms with E-state index >= 15 is 0 Å². The van der Waals surface area contributed by atoms with Crippen LogP contribution in [0, 0.1) is 0 Å². The fourth-order valence-electron chi connectivity index (χ4n) is 3.92. The van der Waals surface area contributed by atoms with Crippen LogP contribution in [0.3, 0.4) is 0 Å². The van der Waals surface area contributed by atoms with Gasteiger partial charge in [-0.05, 0) is 37.1 Å². The Kier molecular flexibility index (Phi) is 4.23. The second-order valence-corrected chi connectivity index (χ2v) is 7.41. The van der Waals surface area contributed by atoms with E-state index in [1.165, 1.54) is 5.57 Å². The number of benzene rings is 1. The van der Waals surface area contributed by atoms with E-state index in [-0.39, 0.29) is 0 Å². The molecular weight excluding hydrogens is 384 g/mol. The molecule has 0 bridgehead atoms. The number of amidine groups is 1. The van der Waals surface area contributed by atoms with Crippen LogP contribution in [-0.2, 0) is 9.53 Å². The summed E-state index contributed by atoms with van der Waals surface area (Å²) in [6.45, 7) is 3.03. The van der Waals surface area contributed by atoms with Crippen molar-refractivity contribution in [1.29, 1.82) is 0 Å². The molecule has 9 nitrogen and oxygen atoms in total. The molecule has 4 N–H and O–H groups in total. The van der Waals surface area contributed by atoms with Crippen LogP contribution in [-0.4, -0.2) is 47.9 Å². The van der Waals surface area contributed by atoms with Gasteiger partial charge in [-0.15, -0.1) is 0 Å². The van der Waals surface area contributed by atoms with Crippen molar-refractivity contribution >= 4 is 28.9 Å². The number of nitrogens with two attached hydrogens (primary N) is 1. The van der Waals surface area contributed by atoms with E-state index in [1.807, 2.05) is 24.4 Å². The molecule has 1 aromatic heterocycles. The van der Waals surface area contributed by atoms with E-state index in [1.54, 1.807) is 20.2 Å². The lowest BCUT2D eigenvalue weighted by Gasteiger charge is -2.30. The summed E-state index contributed by atoms with van der Waals surface area (Å²) in [5.41, 5.74) is 11.7. The number of hydrogen-bond acceptors (Lipinski definition) is 8. The average Bonchev–Trinajstić information content (AvgIpc) is 3.31. The molecule has 30 heavy (non-hydrogen) atoms. The number of oxazole rings is 1. The SMILES string of the molecule is CNc1nc2cc(C3=NC=C4C(NC(C)C(N)=O)=COCC5=C4N3CC5)ccc2o1. The van der Waals surface area contributed by atoms with Crippen molar-refractivity contribution in [3.05, 3.63) is 58.8 Å². The van der Waals surface area contributed by atoms with Gasteiger partial charge in [0.2, 0.25) is 5.91 Å². The monoisotopic (exact) mass is 406 g/mol. The molecule has 0 saturated heterocycles. The zero-order valence-electron chi connectivity index (χ0n) is 16.7. The van der Waals surface area contributed by atoms with E-state index < -0.39 is 11.9 Å². The van der Waals surface area contributed by atoms with E-state index in [9.17, 15) is 4.79 Å². The molecule has 3 aliphatic heterocycles. The molecule has 1 amide bonds. The van der Waals surface area contributed by atoms with Gasteiger partial charge in [0.25, 0.3) is 6.01 Å². The van der Waals surface area contributed by atoms with Gasteiger partial charge >= 0.3 is 0 Å². The number of aliphatic imine (C=N–C) groups is 1.